The zero-order valence-corrected chi connectivity index (χ0v) is 10.2. The Labute approximate surface area is 98.6 Å². The summed E-state index contributed by atoms with van der Waals surface area (Å²) in [6.45, 7) is 2.05. The zero-order valence-electron chi connectivity index (χ0n) is 9.42. The molecule has 2 rings (SSSR count). The summed E-state index contributed by atoms with van der Waals surface area (Å²) in [6.07, 6.45) is 4.67. The van der Waals surface area contributed by atoms with E-state index >= 15 is 0 Å². The minimum atomic E-state index is -0.482. The summed E-state index contributed by atoms with van der Waals surface area (Å²) in [5.74, 6) is 0. The highest BCUT2D eigenvalue weighted by Gasteiger charge is 2.16. The van der Waals surface area contributed by atoms with Gasteiger partial charge in [-0.3, -0.25) is 9.67 Å². The minimum Gasteiger partial charge on any atom is -0.388 e. The molecule has 2 aromatic heterocycles. The second-order valence-electron chi connectivity index (χ2n) is 3.75. The number of thiazole rings is 1. The van der Waals surface area contributed by atoms with Crippen LogP contribution in [0.2, 0.25) is 0 Å². The van der Waals surface area contributed by atoms with E-state index in [4.69, 9.17) is 0 Å². The lowest BCUT2D eigenvalue weighted by molar-refractivity contribution is 0.178. The molecule has 1 atom stereocenters. The highest BCUT2D eigenvalue weighted by molar-refractivity contribution is 7.09. The third-order valence-corrected chi connectivity index (χ3v) is 3.31. The van der Waals surface area contributed by atoms with Crippen LogP contribution in [0.1, 0.15) is 29.2 Å². The first-order valence-corrected chi connectivity index (χ1v) is 6.16. The average Bonchev–Trinajstić information content (AvgIpc) is 2.86. The van der Waals surface area contributed by atoms with Crippen molar-refractivity contribution < 1.29 is 5.11 Å². The van der Waals surface area contributed by atoms with E-state index in [1.54, 1.807) is 27.7 Å². The van der Waals surface area contributed by atoms with Crippen molar-refractivity contribution in [3.8, 4) is 0 Å². The molecule has 4 nitrogen and oxygen atoms in total. The van der Waals surface area contributed by atoms with Crippen LogP contribution in [-0.2, 0) is 19.9 Å². The van der Waals surface area contributed by atoms with E-state index in [2.05, 4.69) is 10.1 Å². The van der Waals surface area contributed by atoms with Crippen LogP contribution in [0.3, 0.4) is 0 Å². The fraction of sp³-hybridized carbons (Fsp3) is 0.455. The molecule has 1 N–H and O–H groups in total. The topological polar surface area (TPSA) is 50.9 Å². The maximum Gasteiger partial charge on any atom is 0.0872 e. The Morgan fingerprint density at radius 1 is 1.56 bits per heavy atom. The number of aliphatic hydroxyl groups is 1. The number of aryl methyl sites for hydroxylation is 2. The van der Waals surface area contributed by atoms with Crippen molar-refractivity contribution in [1.29, 1.82) is 0 Å². The minimum absolute atomic E-state index is 0.482. The number of nitrogens with zero attached hydrogens (tertiary/aromatic N) is 3. The van der Waals surface area contributed by atoms with Crippen LogP contribution in [0.15, 0.2) is 17.9 Å². The predicted octanol–water partition coefficient (Wildman–Crippen LogP) is 1.72. The van der Waals surface area contributed by atoms with E-state index in [0.717, 1.165) is 22.6 Å². The molecule has 0 aliphatic carbocycles. The third kappa shape index (κ3) is 2.31. The van der Waals surface area contributed by atoms with Gasteiger partial charge in [0, 0.05) is 36.3 Å². The molecule has 0 aliphatic heterocycles. The molecule has 0 aromatic carbocycles. The largest absolute Gasteiger partial charge is 0.388 e. The van der Waals surface area contributed by atoms with Crippen molar-refractivity contribution in [1.82, 2.24) is 14.8 Å². The second-order valence-corrected chi connectivity index (χ2v) is 4.72. The smallest absolute Gasteiger partial charge is 0.0872 e. The molecule has 16 heavy (non-hydrogen) atoms. The quantitative estimate of drug-likeness (QED) is 0.880. The highest BCUT2D eigenvalue weighted by Crippen LogP contribution is 2.22. The maximum atomic E-state index is 10.1. The van der Waals surface area contributed by atoms with Crippen LogP contribution in [0.25, 0.3) is 0 Å². The molecule has 0 bridgehead atoms. The van der Waals surface area contributed by atoms with Gasteiger partial charge in [0.15, 0.2) is 0 Å². The van der Waals surface area contributed by atoms with Crippen molar-refractivity contribution in [2.75, 3.05) is 0 Å². The Hall–Kier alpha value is -1.20. The fourth-order valence-electron chi connectivity index (χ4n) is 1.75. The second kappa shape index (κ2) is 4.76. The predicted molar refractivity (Wildman–Crippen MR) is 63.4 cm³/mol. The van der Waals surface area contributed by atoms with Crippen LogP contribution in [0, 0.1) is 0 Å². The normalized spacial score (nSPS) is 12.9. The summed E-state index contributed by atoms with van der Waals surface area (Å²) in [5.41, 5.74) is 3.68. The maximum absolute atomic E-state index is 10.1. The van der Waals surface area contributed by atoms with Gasteiger partial charge in [-0.15, -0.1) is 11.3 Å². The lowest BCUT2D eigenvalue weighted by Crippen LogP contribution is -2.02. The van der Waals surface area contributed by atoms with Gasteiger partial charge in [-0.2, -0.15) is 5.10 Å². The van der Waals surface area contributed by atoms with E-state index in [1.165, 1.54) is 0 Å². The van der Waals surface area contributed by atoms with Gasteiger partial charge in [-0.25, -0.2) is 0 Å². The molecular weight excluding hydrogens is 222 g/mol. The van der Waals surface area contributed by atoms with Gasteiger partial charge < -0.3 is 5.11 Å². The van der Waals surface area contributed by atoms with Gasteiger partial charge in [0.05, 0.1) is 17.3 Å². The van der Waals surface area contributed by atoms with Gasteiger partial charge in [0.2, 0.25) is 0 Å². The van der Waals surface area contributed by atoms with E-state index < -0.39 is 6.10 Å². The first kappa shape index (κ1) is 11.3. The number of aliphatic hydroxyl groups excluding tert-OH is 1. The molecule has 2 heterocycles. The van der Waals surface area contributed by atoms with E-state index in [-0.39, 0.29) is 0 Å². The van der Waals surface area contributed by atoms with Gasteiger partial charge >= 0.3 is 0 Å². The van der Waals surface area contributed by atoms with E-state index in [9.17, 15) is 5.11 Å². The van der Waals surface area contributed by atoms with E-state index in [0.29, 0.717) is 6.42 Å². The van der Waals surface area contributed by atoms with Crippen molar-refractivity contribution in [3.63, 3.8) is 0 Å². The van der Waals surface area contributed by atoms with Gasteiger partial charge in [-0.05, 0) is 6.42 Å². The molecule has 0 amide bonds. The Kier molecular flexibility index (Phi) is 3.36. The van der Waals surface area contributed by atoms with Gasteiger partial charge in [0.25, 0.3) is 0 Å². The Balaban J connectivity index is 2.16. The van der Waals surface area contributed by atoms with Crippen LogP contribution < -0.4 is 0 Å². The molecule has 0 saturated carbocycles. The average molecular weight is 237 g/mol. The lowest BCUT2D eigenvalue weighted by atomic mass is 10.1. The fourth-order valence-corrected chi connectivity index (χ4v) is 2.38. The molecule has 2 aromatic rings. The number of hydrogen-bond donors (Lipinski definition) is 1. The SMILES string of the molecule is CCc1nn(C)cc1C(O)Cc1cncs1. The summed E-state index contributed by atoms with van der Waals surface area (Å²) < 4.78 is 1.75. The zero-order chi connectivity index (χ0) is 11.5. The van der Waals surface area contributed by atoms with Crippen molar-refractivity contribution in [2.24, 2.45) is 7.05 Å². The van der Waals surface area contributed by atoms with Crippen LogP contribution >= 0.6 is 11.3 Å². The third-order valence-electron chi connectivity index (χ3n) is 2.51. The van der Waals surface area contributed by atoms with Gasteiger partial charge in [-0.1, -0.05) is 6.92 Å². The van der Waals surface area contributed by atoms with Gasteiger partial charge in [0.1, 0.15) is 0 Å². The Morgan fingerprint density at radius 2 is 2.38 bits per heavy atom. The summed E-state index contributed by atoms with van der Waals surface area (Å²) in [5, 5.41) is 14.5. The molecule has 0 aliphatic rings. The van der Waals surface area contributed by atoms with Crippen LogP contribution in [0.4, 0.5) is 0 Å². The Morgan fingerprint density at radius 3 is 3.00 bits per heavy atom. The van der Waals surface area contributed by atoms with Crippen LogP contribution in [0.5, 0.6) is 0 Å². The number of hydrogen-bond acceptors (Lipinski definition) is 4. The molecule has 0 spiro atoms. The van der Waals surface area contributed by atoms with Crippen molar-refractivity contribution in [2.45, 2.75) is 25.9 Å². The van der Waals surface area contributed by atoms with Crippen molar-refractivity contribution in [3.05, 3.63) is 34.0 Å². The summed E-state index contributed by atoms with van der Waals surface area (Å²) in [6, 6.07) is 0. The molecule has 0 fully saturated rings. The standard InChI is InChI=1S/C11H15N3OS/c1-3-10-9(6-14(2)13-10)11(15)4-8-5-12-7-16-8/h5-7,11,15H,3-4H2,1-2H3. The molecule has 5 heteroatoms. The molecule has 0 radical (unpaired) electrons. The molecule has 86 valence electrons. The summed E-state index contributed by atoms with van der Waals surface area (Å²) >= 11 is 1.57. The lowest BCUT2D eigenvalue weighted by Gasteiger charge is -2.08. The summed E-state index contributed by atoms with van der Waals surface area (Å²) in [7, 11) is 1.88. The first-order valence-electron chi connectivity index (χ1n) is 5.28. The Bertz CT molecular complexity index is 450. The highest BCUT2D eigenvalue weighted by atomic mass is 32.1. The summed E-state index contributed by atoms with van der Waals surface area (Å²) in [4.78, 5) is 5.10. The monoisotopic (exact) mass is 237 g/mol. The molecular formula is C11H15N3OS. The molecule has 0 saturated heterocycles. The number of aromatic nitrogens is 3. The van der Waals surface area contributed by atoms with E-state index in [1.807, 2.05) is 20.2 Å². The van der Waals surface area contributed by atoms with Crippen LogP contribution in [-0.4, -0.2) is 19.9 Å². The molecule has 1 unspecified atom stereocenters. The van der Waals surface area contributed by atoms with Crippen molar-refractivity contribution >= 4 is 11.3 Å². The first-order chi connectivity index (χ1) is 7.70. The number of rotatable bonds is 4.